The second-order valence-corrected chi connectivity index (χ2v) is 6.36. The maximum Gasteiger partial charge on any atom is 0.409 e. The monoisotopic (exact) mass is 373 g/mol. The number of carbonyl (C=O) groups is 2. The fourth-order valence-corrected chi connectivity index (χ4v) is 3.00. The van der Waals surface area contributed by atoms with Crippen LogP contribution in [0.5, 0.6) is 0 Å². The summed E-state index contributed by atoms with van der Waals surface area (Å²) >= 11 is 11.8. The van der Waals surface area contributed by atoms with Crippen LogP contribution in [-0.4, -0.2) is 61.1 Å². The van der Waals surface area contributed by atoms with E-state index < -0.39 is 0 Å². The molecule has 0 radical (unpaired) electrons. The molecule has 6 nitrogen and oxygen atoms in total. The van der Waals surface area contributed by atoms with Gasteiger partial charge in [-0.05, 0) is 25.1 Å². The molecule has 0 aromatic heterocycles. The molecular weight excluding hydrogens is 353 g/mol. The van der Waals surface area contributed by atoms with Crippen LogP contribution < -0.4 is 5.32 Å². The molecule has 1 fully saturated rings. The van der Waals surface area contributed by atoms with Crippen molar-refractivity contribution in [3.8, 4) is 0 Å². The minimum atomic E-state index is -0.271. The average molecular weight is 374 g/mol. The summed E-state index contributed by atoms with van der Waals surface area (Å²) in [6.07, 6.45) is 0.0940. The summed E-state index contributed by atoms with van der Waals surface area (Å²) in [6, 6.07) is 4.93. The first-order valence-electron chi connectivity index (χ1n) is 7.88. The lowest BCUT2D eigenvalue weighted by molar-refractivity contribution is -0.116. The smallest absolute Gasteiger partial charge is 0.409 e. The zero-order valence-corrected chi connectivity index (χ0v) is 15.1. The lowest BCUT2D eigenvalue weighted by Gasteiger charge is -2.33. The number of anilines is 1. The quantitative estimate of drug-likeness (QED) is 0.861. The van der Waals surface area contributed by atoms with Crippen LogP contribution in [0.15, 0.2) is 18.2 Å². The van der Waals surface area contributed by atoms with Gasteiger partial charge in [-0.15, -0.1) is 0 Å². The Morgan fingerprint density at radius 1 is 1.12 bits per heavy atom. The molecule has 24 heavy (non-hydrogen) atoms. The van der Waals surface area contributed by atoms with Crippen molar-refractivity contribution in [3.05, 3.63) is 28.2 Å². The Hall–Kier alpha value is -1.50. The normalized spacial score (nSPS) is 15.2. The molecule has 2 amide bonds. The molecule has 0 bridgehead atoms. The number of carbonyl (C=O) groups excluding carboxylic acids is 2. The van der Waals surface area contributed by atoms with Gasteiger partial charge in [-0.25, -0.2) is 4.79 Å². The van der Waals surface area contributed by atoms with Crippen LogP contribution in [0.4, 0.5) is 10.5 Å². The third-order valence-electron chi connectivity index (χ3n) is 3.70. The Balaban J connectivity index is 1.72. The van der Waals surface area contributed by atoms with E-state index in [1.165, 1.54) is 0 Å². The number of hydrogen-bond acceptors (Lipinski definition) is 4. The van der Waals surface area contributed by atoms with Gasteiger partial charge in [0.15, 0.2) is 0 Å². The van der Waals surface area contributed by atoms with Gasteiger partial charge in [-0.1, -0.05) is 23.2 Å². The van der Waals surface area contributed by atoms with E-state index in [0.29, 0.717) is 48.4 Å². The fourth-order valence-electron chi connectivity index (χ4n) is 2.48. The standard InChI is InChI=1S/C16H21Cl2N3O3/c1-2-24-16(23)21-7-5-20(6-8-21)4-3-15(22)19-14-10-12(17)9-13(18)11-14/h9-11H,2-8H2,1H3,(H,19,22). The molecule has 0 unspecified atom stereocenters. The van der Waals surface area contributed by atoms with E-state index in [0.717, 1.165) is 13.1 Å². The Bertz CT molecular complexity index is 570. The van der Waals surface area contributed by atoms with Gasteiger partial charge in [0.1, 0.15) is 0 Å². The number of hydrogen-bond donors (Lipinski definition) is 1. The molecule has 1 heterocycles. The molecule has 1 aromatic carbocycles. The molecule has 1 aliphatic heterocycles. The van der Waals surface area contributed by atoms with Crippen LogP contribution >= 0.6 is 23.2 Å². The summed E-state index contributed by atoms with van der Waals surface area (Å²) in [7, 11) is 0. The van der Waals surface area contributed by atoms with Gasteiger partial charge in [0.25, 0.3) is 0 Å². The van der Waals surface area contributed by atoms with Gasteiger partial charge in [0.05, 0.1) is 6.61 Å². The predicted octanol–water partition coefficient (Wildman–Crippen LogP) is 3.10. The first-order chi connectivity index (χ1) is 11.5. The zero-order chi connectivity index (χ0) is 17.5. The Labute approximate surface area is 151 Å². The largest absolute Gasteiger partial charge is 0.450 e. The van der Waals surface area contributed by atoms with Crippen LogP contribution in [0, 0.1) is 0 Å². The van der Waals surface area contributed by atoms with E-state index in [-0.39, 0.29) is 12.0 Å². The molecule has 2 rings (SSSR count). The molecule has 0 spiro atoms. The number of rotatable bonds is 5. The van der Waals surface area contributed by atoms with E-state index in [2.05, 4.69) is 10.2 Å². The highest BCUT2D eigenvalue weighted by Gasteiger charge is 2.22. The summed E-state index contributed by atoms with van der Waals surface area (Å²) in [6.45, 7) is 5.50. The molecule has 1 aliphatic rings. The van der Waals surface area contributed by atoms with Crippen molar-refractivity contribution in [3.63, 3.8) is 0 Å². The number of nitrogens with zero attached hydrogens (tertiary/aromatic N) is 2. The molecule has 1 saturated heterocycles. The predicted molar refractivity (Wildman–Crippen MR) is 94.7 cm³/mol. The van der Waals surface area contributed by atoms with Crippen LogP contribution in [0.3, 0.4) is 0 Å². The van der Waals surface area contributed by atoms with Crippen LogP contribution in [-0.2, 0) is 9.53 Å². The van der Waals surface area contributed by atoms with Crippen molar-refractivity contribution in [2.45, 2.75) is 13.3 Å². The van der Waals surface area contributed by atoms with Crippen molar-refractivity contribution in [2.24, 2.45) is 0 Å². The van der Waals surface area contributed by atoms with E-state index in [1.807, 2.05) is 0 Å². The van der Waals surface area contributed by atoms with Crippen molar-refractivity contribution >= 4 is 40.9 Å². The molecule has 0 saturated carbocycles. The Morgan fingerprint density at radius 2 is 1.75 bits per heavy atom. The number of amides is 2. The topological polar surface area (TPSA) is 61.9 Å². The third-order valence-corrected chi connectivity index (χ3v) is 4.14. The summed E-state index contributed by atoms with van der Waals surface area (Å²) in [5, 5.41) is 3.75. The Kier molecular flexibility index (Phi) is 7.15. The lowest BCUT2D eigenvalue weighted by atomic mass is 10.2. The SMILES string of the molecule is CCOC(=O)N1CCN(CCC(=O)Nc2cc(Cl)cc(Cl)c2)CC1. The number of ether oxygens (including phenoxy) is 1. The highest BCUT2D eigenvalue weighted by atomic mass is 35.5. The van der Waals surface area contributed by atoms with Crippen molar-refractivity contribution in [2.75, 3.05) is 44.6 Å². The fraction of sp³-hybridized carbons (Fsp3) is 0.500. The van der Waals surface area contributed by atoms with Gasteiger partial charge in [-0.2, -0.15) is 0 Å². The van der Waals surface area contributed by atoms with Gasteiger partial charge in [0.2, 0.25) is 5.91 Å². The lowest BCUT2D eigenvalue weighted by Crippen LogP contribution is -2.49. The van der Waals surface area contributed by atoms with E-state index in [9.17, 15) is 9.59 Å². The van der Waals surface area contributed by atoms with E-state index in [4.69, 9.17) is 27.9 Å². The molecular formula is C16H21Cl2N3O3. The van der Waals surface area contributed by atoms with Gasteiger partial charge in [-0.3, -0.25) is 9.69 Å². The van der Waals surface area contributed by atoms with Gasteiger partial charge in [0, 0.05) is 54.9 Å². The maximum atomic E-state index is 12.0. The molecule has 0 aliphatic carbocycles. The summed E-state index contributed by atoms with van der Waals surface area (Å²) < 4.78 is 4.98. The Morgan fingerprint density at radius 3 is 2.33 bits per heavy atom. The molecule has 132 valence electrons. The number of nitrogens with one attached hydrogen (secondary N) is 1. The number of piperazine rings is 1. The molecule has 0 atom stereocenters. The van der Waals surface area contributed by atoms with E-state index in [1.54, 1.807) is 30.0 Å². The minimum Gasteiger partial charge on any atom is -0.450 e. The summed E-state index contributed by atoms with van der Waals surface area (Å²) in [4.78, 5) is 27.5. The van der Waals surface area contributed by atoms with E-state index >= 15 is 0 Å². The van der Waals surface area contributed by atoms with Crippen molar-refractivity contribution < 1.29 is 14.3 Å². The number of benzene rings is 1. The minimum absolute atomic E-state index is 0.0962. The third kappa shape index (κ3) is 5.85. The highest BCUT2D eigenvalue weighted by Crippen LogP contribution is 2.22. The maximum absolute atomic E-state index is 12.0. The molecule has 8 heteroatoms. The molecule has 1 N–H and O–H groups in total. The first kappa shape index (κ1) is 18.8. The van der Waals surface area contributed by atoms with Gasteiger partial charge >= 0.3 is 6.09 Å². The van der Waals surface area contributed by atoms with Gasteiger partial charge < -0.3 is 15.0 Å². The second kappa shape index (κ2) is 9.11. The first-order valence-corrected chi connectivity index (χ1v) is 8.63. The molecule has 1 aromatic rings. The zero-order valence-electron chi connectivity index (χ0n) is 13.6. The second-order valence-electron chi connectivity index (χ2n) is 5.48. The van der Waals surface area contributed by atoms with Crippen LogP contribution in [0.25, 0.3) is 0 Å². The average Bonchev–Trinajstić information content (AvgIpc) is 2.52. The number of halogens is 2. The van der Waals surface area contributed by atoms with Crippen molar-refractivity contribution in [1.82, 2.24) is 9.80 Å². The van der Waals surface area contributed by atoms with Crippen LogP contribution in [0.2, 0.25) is 10.0 Å². The summed E-state index contributed by atoms with van der Waals surface area (Å²) in [5.41, 5.74) is 0.588. The summed E-state index contributed by atoms with van der Waals surface area (Å²) in [5.74, 6) is -0.0962. The van der Waals surface area contributed by atoms with Crippen molar-refractivity contribution in [1.29, 1.82) is 0 Å². The van der Waals surface area contributed by atoms with Crippen LogP contribution in [0.1, 0.15) is 13.3 Å². The highest BCUT2D eigenvalue weighted by molar-refractivity contribution is 6.35.